The number of allylic oxidation sites excluding steroid dienone is 1. The van der Waals surface area contributed by atoms with Gasteiger partial charge in [0.25, 0.3) is 5.69 Å². The summed E-state index contributed by atoms with van der Waals surface area (Å²) in [5, 5.41) is 13.8. The number of hydrogen-bond donors (Lipinski definition) is 0. The van der Waals surface area contributed by atoms with E-state index in [0.717, 1.165) is 21.2 Å². The van der Waals surface area contributed by atoms with E-state index in [1.165, 1.54) is 25.3 Å². The standard InChI is InChI=1S/C32H22N2O7/c1-40-19-12-13-23(24(15-19)34(38)39)33-30(35)27-21(17-7-3-2-4-8-17)16-22-26-20-10-6-5-9-18(20)11-14-25(26)41-32(37)28(22)29(27)31(33)36/h2-16,21,27-29H,1H3/t21-,27+,28+,29-/m0/s1. The molecule has 202 valence electrons. The van der Waals surface area contributed by atoms with Gasteiger partial charge in [0.2, 0.25) is 11.8 Å². The first-order valence-corrected chi connectivity index (χ1v) is 13.1. The lowest BCUT2D eigenvalue weighted by Crippen LogP contribution is -2.42. The number of nitrogens with zero attached hydrogens (tertiary/aromatic N) is 2. The van der Waals surface area contributed by atoms with Crippen molar-refractivity contribution in [2.45, 2.75) is 5.92 Å². The van der Waals surface area contributed by atoms with Gasteiger partial charge in [0.15, 0.2) is 0 Å². The second-order valence-electron chi connectivity index (χ2n) is 10.3. The number of imide groups is 1. The summed E-state index contributed by atoms with van der Waals surface area (Å²) in [6.45, 7) is 0. The molecule has 7 rings (SSSR count). The molecule has 0 bridgehead atoms. The predicted molar refractivity (Wildman–Crippen MR) is 149 cm³/mol. The number of benzene rings is 4. The van der Waals surface area contributed by atoms with E-state index in [1.54, 1.807) is 6.07 Å². The number of nitro groups is 1. The van der Waals surface area contributed by atoms with Gasteiger partial charge in [0, 0.05) is 11.5 Å². The van der Waals surface area contributed by atoms with Crippen molar-refractivity contribution in [1.29, 1.82) is 0 Å². The van der Waals surface area contributed by atoms with Gasteiger partial charge in [-0.05, 0) is 40.1 Å². The van der Waals surface area contributed by atoms with Gasteiger partial charge in [-0.25, -0.2) is 4.90 Å². The van der Waals surface area contributed by atoms with Crippen LogP contribution in [0.1, 0.15) is 17.0 Å². The maximum absolute atomic E-state index is 14.2. The number of anilines is 1. The third-order valence-electron chi connectivity index (χ3n) is 8.29. The van der Waals surface area contributed by atoms with Crippen LogP contribution in [0.5, 0.6) is 11.5 Å². The number of hydrogen-bond acceptors (Lipinski definition) is 7. The Morgan fingerprint density at radius 2 is 1.61 bits per heavy atom. The van der Waals surface area contributed by atoms with Crippen LogP contribution in [0, 0.1) is 27.9 Å². The fraction of sp³-hybridized carbons (Fsp3) is 0.156. The summed E-state index contributed by atoms with van der Waals surface area (Å²) < 4.78 is 10.9. The monoisotopic (exact) mass is 546 g/mol. The summed E-state index contributed by atoms with van der Waals surface area (Å²) in [5.74, 6) is -5.02. The van der Waals surface area contributed by atoms with Gasteiger partial charge in [-0.1, -0.05) is 66.7 Å². The molecule has 1 saturated heterocycles. The van der Waals surface area contributed by atoms with Crippen molar-refractivity contribution in [3.63, 3.8) is 0 Å². The molecule has 1 fully saturated rings. The fourth-order valence-electron chi connectivity index (χ4n) is 6.54. The lowest BCUT2D eigenvalue weighted by Gasteiger charge is -2.38. The largest absolute Gasteiger partial charge is 0.496 e. The van der Waals surface area contributed by atoms with E-state index in [1.807, 2.05) is 66.7 Å². The van der Waals surface area contributed by atoms with Crippen LogP contribution in [0.2, 0.25) is 0 Å². The van der Waals surface area contributed by atoms with Crippen molar-refractivity contribution in [2.75, 3.05) is 12.0 Å². The molecular formula is C32H22N2O7. The van der Waals surface area contributed by atoms with Crippen LogP contribution in [-0.2, 0) is 14.4 Å². The van der Waals surface area contributed by atoms with E-state index in [2.05, 4.69) is 0 Å². The molecule has 0 unspecified atom stereocenters. The number of carbonyl (C=O) groups excluding carboxylic acids is 3. The Balaban J connectivity index is 1.46. The van der Waals surface area contributed by atoms with Crippen molar-refractivity contribution >= 4 is 45.5 Å². The Morgan fingerprint density at radius 3 is 2.37 bits per heavy atom. The van der Waals surface area contributed by atoms with Crippen LogP contribution in [-0.4, -0.2) is 29.8 Å². The fourth-order valence-corrected chi connectivity index (χ4v) is 6.54. The van der Waals surface area contributed by atoms with Crippen molar-refractivity contribution in [1.82, 2.24) is 0 Å². The Morgan fingerprint density at radius 1 is 0.878 bits per heavy atom. The van der Waals surface area contributed by atoms with Gasteiger partial charge in [-0.2, -0.15) is 0 Å². The van der Waals surface area contributed by atoms with Crippen LogP contribution >= 0.6 is 0 Å². The number of amides is 2. The lowest BCUT2D eigenvalue weighted by atomic mass is 9.64. The van der Waals surface area contributed by atoms with Crippen LogP contribution in [0.4, 0.5) is 11.4 Å². The van der Waals surface area contributed by atoms with E-state index in [-0.39, 0.29) is 11.4 Å². The van der Waals surface area contributed by atoms with Crippen LogP contribution in [0.15, 0.2) is 91.0 Å². The van der Waals surface area contributed by atoms with Crippen molar-refractivity contribution < 1.29 is 28.8 Å². The third-order valence-corrected chi connectivity index (χ3v) is 8.29. The molecule has 2 amide bonds. The summed E-state index contributed by atoms with van der Waals surface area (Å²) in [6, 6.07) is 24.6. The highest BCUT2D eigenvalue weighted by Crippen LogP contribution is 2.56. The van der Waals surface area contributed by atoms with Crippen LogP contribution in [0.25, 0.3) is 16.3 Å². The maximum Gasteiger partial charge on any atom is 0.319 e. The zero-order valence-corrected chi connectivity index (χ0v) is 21.7. The number of carbonyl (C=O) groups is 3. The van der Waals surface area contributed by atoms with Gasteiger partial charge in [0.1, 0.15) is 17.2 Å². The molecule has 2 heterocycles. The highest BCUT2D eigenvalue weighted by Gasteiger charge is 2.61. The summed E-state index contributed by atoms with van der Waals surface area (Å²) >= 11 is 0. The summed E-state index contributed by atoms with van der Waals surface area (Å²) in [6.07, 6.45) is 1.91. The minimum atomic E-state index is -1.12. The zero-order valence-electron chi connectivity index (χ0n) is 21.7. The summed E-state index contributed by atoms with van der Waals surface area (Å²) in [4.78, 5) is 54.2. The topological polar surface area (TPSA) is 116 Å². The Kier molecular flexibility index (Phi) is 5.50. The number of methoxy groups -OCH3 is 1. The number of nitro benzene ring substituents is 1. The predicted octanol–water partition coefficient (Wildman–Crippen LogP) is 5.28. The Labute approximate surface area is 233 Å². The second-order valence-corrected chi connectivity index (χ2v) is 10.3. The second kappa shape index (κ2) is 9.12. The molecule has 0 aromatic heterocycles. The van der Waals surface area contributed by atoms with Gasteiger partial charge in [0.05, 0.1) is 35.9 Å². The molecule has 0 radical (unpaired) electrons. The quantitative estimate of drug-likeness (QED) is 0.112. The molecule has 4 aromatic rings. The normalized spacial score (nSPS) is 22.9. The number of ether oxygens (including phenoxy) is 2. The molecule has 4 atom stereocenters. The molecular weight excluding hydrogens is 524 g/mol. The van der Waals surface area contributed by atoms with Crippen molar-refractivity contribution in [2.24, 2.45) is 17.8 Å². The average molecular weight is 547 g/mol. The molecule has 0 saturated carbocycles. The van der Waals surface area contributed by atoms with Crippen molar-refractivity contribution in [3.05, 3.63) is 112 Å². The van der Waals surface area contributed by atoms with Crippen LogP contribution < -0.4 is 14.4 Å². The SMILES string of the molecule is COc1ccc(N2C(=O)[C@@H]3[C@@H]4C(=O)Oc5ccc6ccccc6c5C4=C[C@@H](c4ccccc4)[C@H]3C2=O)c([N+](=O)[O-])c1. The molecule has 9 heteroatoms. The zero-order chi connectivity index (χ0) is 28.4. The van der Waals surface area contributed by atoms with E-state index < -0.39 is 52.1 Å². The van der Waals surface area contributed by atoms with E-state index in [9.17, 15) is 24.5 Å². The summed E-state index contributed by atoms with van der Waals surface area (Å²) in [5.41, 5.74) is 1.51. The maximum atomic E-state index is 14.2. The van der Waals surface area contributed by atoms with Gasteiger partial charge in [-0.15, -0.1) is 0 Å². The third kappa shape index (κ3) is 3.58. The summed E-state index contributed by atoms with van der Waals surface area (Å²) in [7, 11) is 1.37. The van der Waals surface area contributed by atoms with E-state index >= 15 is 0 Å². The van der Waals surface area contributed by atoms with E-state index in [0.29, 0.717) is 16.9 Å². The molecule has 3 aliphatic rings. The molecule has 4 aromatic carbocycles. The molecule has 2 aliphatic heterocycles. The number of esters is 1. The number of rotatable bonds is 4. The molecule has 0 N–H and O–H groups in total. The minimum Gasteiger partial charge on any atom is -0.496 e. The minimum absolute atomic E-state index is 0.163. The van der Waals surface area contributed by atoms with Crippen LogP contribution in [0.3, 0.4) is 0 Å². The molecule has 0 spiro atoms. The van der Waals surface area contributed by atoms with Gasteiger partial charge >= 0.3 is 5.97 Å². The lowest BCUT2D eigenvalue weighted by molar-refractivity contribution is -0.384. The van der Waals surface area contributed by atoms with Gasteiger partial charge in [-0.3, -0.25) is 24.5 Å². The van der Waals surface area contributed by atoms with Gasteiger partial charge < -0.3 is 9.47 Å². The average Bonchev–Trinajstić information content (AvgIpc) is 3.26. The Bertz CT molecular complexity index is 1830. The number of fused-ring (bicyclic) bond motifs is 7. The molecule has 1 aliphatic carbocycles. The Hall–Kier alpha value is -5.31. The van der Waals surface area contributed by atoms with Crippen molar-refractivity contribution in [3.8, 4) is 11.5 Å². The highest BCUT2D eigenvalue weighted by atomic mass is 16.6. The molecule has 41 heavy (non-hydrogen) atoms. The first kappa shape index (κ1) is 24.7. The first-order valence-electron chi connectivity index (χ1n) is 13.1. The van der Waals surface area contributed by atoms with E-state index in [4.69, 9.17) is 9.47 Å². The highest BCUT2D eigenvalue weighted by molar-refractivity contribution is 6.25. The first-order chi connectivity index (χ1) is 19.9. The smallest absolute Gasteiger partial charge is 0.319 e. The molecule has 9 nitrogen and oxygen atoms in total.